The van der Waals surface area contributed by atoms with Gasteiger partial charge in [-0.05, 0) is 38.5 Å². The minimum atomic E-state index is -0.453. The Balaban J connectivity index is 2.61. The zero-order valence-corrected chi connectivity index (χ0v) is 15.3. The van der Waals surface area contributed by atoms with Gasteiger partial charge in [-0.25, -0.2) is 4.99 Å². The van der Waals surface area contributed by atoms with E-state index in [4.69, 9.17) is 5.73 Å². The average Bonchev–Trinajstić information content (AvgIpc) is 2.61. The molecule has 0 unspecified atom stereocenters. The molecular weight excluding hydrogens is 318 g/mol. The maximum atomic E-state index is 12.0. The number of benzene rings is 1. The van der Waals surface area contributed by atoms with E-state index >= 15 is 0 Å². The lowest BCUT2D eigenvalue weighted by molar-refractivity contribution is -0.130. The number of amides is 2. The van der Waals surface area contributed by atoms with E-state index in [-0.39, 0.29) is 5.91 Å². The predicted molar refractivity (Wildman–Crippen MR) is 100 cm³/mol. The molecule has 1 aromatic carbocycles. The van der Waals surface area contributed by atoms with Crippen LogP contribution in [0.4, 0.5) is 0 Å². The molecule has 0 radical (unpaired) electrons. The lowest BCUT2D eigenvalue weighted by Crippen LogP contribution is -2.40. The fourth-order valence-electron chi connectivity index (χ4n) is 2.36. The molecule has 0 atom stereocenters. The maximum Gasteiger partial charge on any atom is 0.248 e. The van der Waals surface area contributed by atoms with Crippen LogP contribution in [0, 0.1) is 0 Å². The highest BCUT2D eigenvalue weighted by Gasteiger charge is 2.09. The van der Waals surface area contributed by atoms with Gasteiger partial charge in [-0.15, -0.1) is 0 Å². The average molecular weight is 347 g/mol. The zero-order valence-electron chi connectivity index (χ0n) is 15.3. The monoisotopic (exact) mass is 347 g/mol. The topological polar surface area (TPSA) is 99.8 Å². The lowest BCUT2D eigenvalue weighted by atomic mass is 10.1. The molecular formula is C18H29N5O2. The van der Waals surface area contributed by atoms with Crippen molar-refractivity contribution < 1.29 is 9.59 Å². The second-order valence-corrected chi connectivity index (χ2v) is 5.50. The van der Waals surface area contributed by atoms with Crippen molar-refractivity contribution in [1.29, 1.82) is 0 Å². The van der Waals surface area contributed by atoms with Gasteiger partial charge in [-0.1, -0.05) is 12.1 Å². The van der Waals surface area contributed by atoms with Crippen LogP contribution in [0.2, 0.25) is 0 Å². The predicted octanol–water partition coefficient (Wildman–Crippen LogP) is 1.10. The van der Waals surface area contributed by atoms with E-state index in [1.807, 2.05) is 26.8 Å². The second kappa shape index (κ2) is 11.1. The Morgan fingerprint density at radius 3 is 2.48 bits per heavy atom. The van der Waals surface area contributed by atoms with Crippen LogP contribution < -0.4 is 16.4 Å². The molecule has 0 fully saturated rings. The number of aliphatic imine (C=N–C) groups is 1. The van der Waals surface area contributed by atoms with Crippen molar-refractivity contribution in [2.75, 3.05) is 26.2 Å². The fraction of sp³-hybridized carbons (Fsp3) is 0.500. The van der Waals surface area contributed by atoms with Gasteiger partial charge < -0.3 is 21.3 Å². The Morgan fingerprint density at radius 1 is 1.16 bits per heavy atom. The van der Waals surface area contributed by atoms with E-state index in [9.17, 15) is 9.59 Å². The van der Waals surface area contributed by atoms with Crippen LogP contribution in [0.25, 0.3) is 0 Å². The Labute approximate surface area is 149 Å². The number of carbonyl (C=O) groups is 2. The first kappa shape index (κ1) is 20.5. The third-order valence-corrected chi connectivity index (χ3v) is 3.72. The van der Waals surface area contributed by atoms with Gasteiger partial charge in [0, 0.05) is 38.2 Å². The van der Waals surface area contributed by atoms with Gasteiger partial charge in [-0.3, -0.25) is 9.59 Å². The van der Waals surface area contributed by atoms with Crippen molar-refractivity contribution >= 4 is 17.8 Å². The molecule has 0 aliphatic heterocycles. The van der Waals surface area contributed by atoms with Crippen LogP contribution in [0.3, 0.4) is 0 Å². The Kier molecular flexibility index (Phi) is 9.06. The number of nitrogens with two attached hydrogens (primary N) is 1. The fourth-order valence-corrected chi connectivity index (χ4v) is 2.36. The lowest BCUT2D eigenvalue weighted by Gasteiger charge is -2.19. The number of hydrogen-bond acceptors (Lipinski definition) is 3. The van der Waals surface area contributed by atoms with Crippen molar-refractivity contribution in [1.82, 2.24) is 15.5 Å². The van der Waals surface area contributed by atoms with Crippen molar-refractivity contribution in [2.45, 2.75) is 33.7 Å². The molecule has 0 aliphatic rings. The molecule has 0 heterocycles. The van der Waals surface area contributed by atoms with E-state index in [0.717, 1.165) is 25.2 Å². The molecule has 2 amide bonds. The molecule has 4 N–H and O–H groups in total. The second-order valence-electron chi connectivity index (χ2n) is 5.50. The summed E-state index contributed by atoms with van der Waals surface area (Å²) in [5, 5.41) is 6.31. The number of guanidine groups is 1. The first-order valence-electron chi connectivity index (χ1n) is 8.70. The number of nitrogens with one attached hydrogen (secondary N) is 2. The molecule has 0 aromatic heterocycles. The van der Waals surface area contributed by atoms with Crippen LogP contribution in [-0.4, -0.2) is 48.9 Å². The molecule has 0 aliphatic carbocycles. The quantitative estimate of drug-likeness (QED) is 0.460. The Bertz CT molecular complexity index is 597. The molecule has 7 nitrogen and oxygen atoms in total. The molecule has 0 spiro atoms. The van der Waals surface area contributed by atoms with Crippen LogP contribution in [0.1, 0.15) is 43.1 Å². The SMILES string of the molecule is CCNC(=NCc1cccc(C(N)=O)c1)NCCC(=O)N(CC)CC. The Morgan fingerprint density at radius 2 is 1.88 bits per heavy atom. The molecule has 0 saturated heterocycles. The summed E-state index contributed by atoms with van der Waals surface area (Å²) in [6.07, 6.45) is 0.420. The first-order valence-corrected chi connectivity index (χ1v) is 8.70. The van der Waals surface area contributed by atoms with Gasteiger partial charge in [0.2, 0.25) is 11.8 Å². The third kappa shape index (κ3) is 7.24. The van der Waals surface area contributed by atoms with Crippen LogP contribution in [0.15, 0.2) is 29.3 Å². The van der Waals surface area contributed by atoms with E-state index in [0.29, 0.717) is 31.0 Å². The van der Waals surface area contributed by atoms with Gasteiger partial charge >= 0.3 is 0 Å². The molecule has 1 aromatic rings. The van der Waals surface area contributed by atoms with Crippen LogP contribution in [0.5, 0.6) is 0 Å². The van der Waals surface area contributed by atoms with E-state index in [1.165, 1.54) is 0 Å². The number of hydrogen-bond donors (Lipinski definition) is 3. The number of nitrogens with zero attached hydrogens (tertiary/aromatic N) is 2. The summed E-state index contributed by atoms with van der Waals surface area (Å²) in [7, 11) is 0. The minimum absolute atomic E-state index is 0.127. The van der Waals surface area contributed by atoms with E-state index < -0.39 is 5.91 Å². The number of primary amides is 1. The van der Waals surface area contributed by atoms with Crippen molar-refractivity contribution in [3.05, 3.63) is 35.4 Å². The highest BCUT2D eigenvalue weighted by molar-refractivity contribution is 5.92. The summed E-state index contributed by atoms with van der Waals surface area (Å²) in [5.74, 6) is 0.313. The van der Waals surface area contributed by atoms with Gasteiger partial charge in [0.15, 0.2) is 5.96 Å². The molecule has 25 heavy (non-hydrogen) atoms. The summed E-state index contributed by atoms with van der Waals surface area (Å²) in [5.41, 5.74) is 6.66. The molecule has 1 rings (SSSR count). The minimum Gasteiger partial charge on any atom is -0.366 e. The van der Waals surface area contributed by atoms with E-state index in [2.05, 4.69) is 15.6 Å². The number of rotatable bonds is 9. The molecule has 7 heteroatoms. The standard InChI is InChI=1S/C18H29N5O2/c1-4-20-18(21-11-10-16(24)23(5-2)6-3)22-13-14-8-7-9-15(12-14)17(19)25/h7-9,12H,4-6,10-11,13H2,1-3H3,(H2,19,25)(H2,20,21,22). The summed E-state index contributed by atoms with van der Waals surface area (Å²) in [4.78, 5) is 29.5. The summed E-state index contributed by atoms with van der Waals surface area (Å²) < 4.78 is 0. The van der Waals surface area contributed by atoms with Gasteiger partial charge in [0.25, 0.3) is 0 Å². The zero-order chi connectivity index (χ0) is 18.7. The normalized spacial score (nSPS) is 11.1. The highest BCUT2D eigenvalue weighted by atomic mass is 16.2. The largest absolute Gasteiger partial charge is 0.366 e. The van der Waals surface area contributed by atoms with Crippen LogP contribution >= 0.6 is 0 Å². The smallest absolute Gasteiger partial charge is 0.248 e. The van der Waals surface area contributed by atoms with Crippen molar-refractivity contribution in [3.8, 4) is 0 Å². The Hall–Kier alpha value is -2.57. The van der Waals surface area contributed by atoms with E-state index in [1.54, 1.807) is 23.1 Å². The third-order valence-electron chi connectivity index (χ3n) is 3.72. The summed E-state index contributed by atoms with van der Waals surface area (Å²) in [6, 6.07) is 7.09. The molecule has 0 saturated carbocycles. The van der Waals surface area contributed by atoms with Crippen molar-refractivity contribution in [2.24, 2.45) is 10.7 Å². The van der Waals surface area contributed by atoms with Crippen molar-refractivity contribution in [3.63, 3.8) is 0 Å². The summed E-state index contributed by atoms with van der Waals surface area (Å²) in [6.45, 7) is 9.02. The first-order chi connectivity index (χ1) is 12.0. The van der Waals surface area contributed by atoms with Crippen LogP contribution in [-0.2, 0) is 11.3 Å². The maximum absolute atomic E-state index is 12.0. The van der Waals surface area contributed by atoms with Gasteiger partial charge in [0.1, 0.15) is 0 Å². The molecule has 0 bridgehead atoms. The van der Waals surface area contributed by atoms with Gasteiger partial charge in [0.05, 0.1) is 6.54 Å². The highest BCUT2D eigenvalue weighted by Crippen LogP contribution is 2.06. The van der Waals surface area contributed by atoms with Gasteiger partial charge in [-0.2, -0.15) is 0 Å². The number of carbonyl (C=O) groups excluding carboxylic acids is 2. The summed E-state index contributed by atoms with van der Waals surface area (Å²) >= 11 is 0. The molecule has 138 valence electrons.